The topological polar surface area (TPSA) is 83.9 Å². The van der Waals surface area contributed by atoms with E-state index in [1.165, 1.54) is 12.1 Å². The molecule has 178 valence electrons. The highest BCUT2D eigenvalue weighted by Crippen LogP contribution is 2.41. The minimum Gasteiger partial charge on any atom is -0.490 e. The van der Waals surface area contributed by atoms with Crippen molar-refractivity contribution in [1.29, 1.82) is 0 Å². The van der Waals surface area contributed by atoms with Crippen molar-refractivity contribution >= 4 is 23.1 Å². The highest BCUT2D eigenvalue weighted by atomic mass is 19.1. The molecule has 1 atom stereocenters. The van der Waals surface area contributed by atoms with Crippen molar-refractivity contribution in [2.45, 2.75) is 26.8 Å². The number of carbonyl (C=O) groups excluding carboxylic acids is 1. The monoisotopic (exact) mass is 465 g/mol. The molecule has 1 aliphatic heterocycles. The predicted octanol–water partition coefficient (Wildman–Crippen LogP) is 4.71. The number of aliphatic hydroxyl groups is 1. The summed E-state index contributed by atoms with van der Waals surface area (Å²) in [5.74, 6) is 0.445. The van der Waals surface area contributed by atoms with E-state index >= 15 is 0 Å². The first-order valence-electron chi connectivity index (χ1n) is 11.2. The lowest BCUT2D eigenvalue weighted by Crippen LogP contribution is -2.43. The van der Waals surface area contributed by atoms with E-state index in [2.05, 4.69) is 10.3 Å². The largest absolute Gasteiger partial charge is 0.490 e. The van der Waals surface area contributed by atoms with Gasteiger partial charge in [-0.05, 0) is 48.7 Å². The second-order valence-electron chi connectivity index (χ2n) is 8.67. The number of fused-ring (bicyclic) bond motifs is 1. The summed E-state index contributed by atoms with van der Waals surface area (Å²) in [5.41, 5.74) is 2.24. The molecular formula is C26H28FN3O4. The quantitative estimate of drug-likeness (QED) is 0.526. The summed E-state index contributed by atoms with van der Waals surface area (Å²) in [5, 5.41) is 12.6. The van der Waals surface area contributed by atoms with Gasteiger partial charge in [0.15, 0.2) is 17.3 Å². The molecule has 4 rings (SSSR count). The summed E-state index contributed by atoms with van der Waals surface area (Å²) in [4.78, 5) is 19.5. The fourth-order valence-electron chi connectivity index (χ4n) is 3.69. The van der Waals surface area contributed by atoms with Gasteiger partial charge in [-0.15, -0.1) is 0 Å². The van der Waals surface area contributed by atoms with E-state index in [1.54, 1.807) is 24.4 Å². The minimum absolute atomic E-state index is 0.142. The first-order valence-corrected chi connectivity index (χ1v) is 11.2. The Morgan fingerprint density at radius 3 is 2.79 bits per heavy atom. The second-order valence-corrected chi connectivity index (χ2v) is 8.67. The Bertz CT molecular complexity index is 1170. The number of rotatable bonds is 7. The third-order valence-corrected chi connectivity index (χ3v) is 5.40. The van der Waals surface area contributed by atoms with Crippen LogP contribution in [0.5, 0.6) is 11.5 Å². The van der Waals surface area contributed by atoms with E-state index in [9.17, 15) is 14.3 Å². The van der Waals surface area contributed by atoms with Crippen molar-refractivity contribution in [2.75, 3.05) is 30.0 Å². The smallest absolute Gasteiger partial charge is 0.259 e. The van der Waals surface area contributed by atoms with Crippen LogP contribution in [0.2, 0.25) is 0 Å². The molecule has 0 radical (unpaired) electrons. The number of halogens is 1. The summed E-state index contributed by atoms with van der Waals surface area (Å²) >= 11 is 0. The third kappa shape index (κ3) is 4.97. The molecule has 1 amide bonds. The van der Waals surface area contributed by atoms with Gasteiger partial charge in [0.1, 0.15) is 12.4 Å². The highest BCUT2D eigenvalue weighted by molar-refractivity contribution is 6.07. The number of aryl methyl sites for hydroxylation is 1. The van der Waals surface area contributed by atoms with E-state index in [-0.39, 0.29) is 30.9 Å². The summed E-state index contributed by atoms with van der Waals surface area (Å²) in [6.07, 6.45) is 1.75. The van der Waals surface area contributed by atoms with Crippen molar-refractivity contribution in [2.24, 2.45) is 5.92 Å². The third-order valence-electron chi connectivity index (χ3n) is 5.40. The maximum Gasteiger partial charge on any atom is 0.259 e. The van der Waals surface area contributed by atoms with E-state index < -0.39 is 11.7 Å². The first kappa shape index (κ1) is 23.5. The van der Waals surface area contributed by atoms with Crippen LogP contribution in [-0.4, -0.2) is 41.9 Å². The molecule has 1 unspecified atom stereocenters. The fourth-order valence-corrected chi connectivity index (χ4v) is 3.69. The van der Waals surface area contributed by atoms with Gasteiger partial charge in [-0.2, -0.15) is 0 Å². The van der Waals surface area contributed by atoms with Crippen LogP contribution in [0, 0.1) is 18.7 Å². The number of hydrogen-bond donors (Lipinski definition) is 2. The number of anilines is 3. The highest BCUT2D eigenvalue weighted by Gasteiger charge is 2.32. The van der Waals surface area contributed by atoms with Crippen LogP contribution in [0.25, 0.3) is 0 Å². The molecule has 2 N–H and O–H groups in total. The van der Waals surface area contributed by atoms with E-state index in [0.717, 1.165) is 5.56 Å². The number of benzene rings is 2. The van der Waals surface area contributed by atoms with Crippen LogP contribution in [0.1, 0.15) is 29.8 Å². The Balaban J connectivity index is 1.60. The van der Waals surface area contributed by atoms with Crippen LogP contribution in [0.4, 0.5) is 21.6 Å². The normalized spacial score (nSPS) is 15.0. The second kappa shape index (κ2) is 10.1. The zero-order valence-corrected chi connectivity index (χ0v) is 19.4. The molecule has 0 aliphatic carbocycles. The number of nitrogens with one attached hydrogen (secondary N) is 1. The fraction of sp³-hybridized carbons (Fsp3) is 0.308. The van der Waals surface area contributed by atoms with E-state index in [1.807, 2.05) is 43.9 Å². The average molecular weight is 466 g/mol. The van der Waals surface area contributed by atoms with E-state index in [0.29, 0.717) is 35.1 Å². The number of amides is 1. The number of nitrogens with zero attached hydrogens (tertiary/aromatic N) is 2. The molecule has 0 spiro atoms. The maximum absolute atomic E-state index is 14.4. The number of para-hydroxylation sites is 1. The number of ether oxygens (including phenoxy) is 2. The van der Waals surface area contributed by atoms with Gasteiger partial charge in [0.25, 0.3) is 5.91 Å². The first-order chi connectivity index (χ1) is 16.4. The predicted molar refractivity (Wildman–Crippen MR) is 129 cm³/mol. The van der Waals surface area contributed by atoms with Gasteiger partial charge >= 0.3 is 0 Å². The molecule has 3 aromatic rings. The summed E-state index contributed by atoms with van der Waals surface area (Å²) < 4.78 is 25.8. The number of hydrogen-bond acceptors (Lipinski definition) is 6. The van der Waals surface area contributed by atoms with Gasteiger partial charge in [-0.3, -0.25) is 4.79 Å². The van der Waals surface area contributed by atoms with Gasteiger partial charge in [0, 0.05) is 18.0 Å². The lowest BCUT2D eigenvalue weighted by molar-refractivity contribution is 0.102. The van der Waals surface area contributed by atoms with Crippen molar-refractivity contribution in [3.8, 4) is 11.5 Å². The molecule has 8 heteroatoms. The molecule has 1 aliphatic rings. The standard InChI is InChI=1S/C26H28FN3O4/c1-16(2)14-33-23-9-8-18(11-21(23)27)29-26(32)20-5-4-6-22-25(20)34-15-19(13-31)30(22)24-10-7-17(3)12-28-24/h4-12,16,19,31H,13-15H2,1-3H3,(H,29,32). The van der Waals surface area contributed by atoms with E-state index in [4.69, 9.17) is 9.47 Å². The molecular weight excluding hydrogens is 437 g/mol. The maximum atomic E-state index is 14.4. The Morgan fingerprint density at radius 2 is 2.12 bits per heavy atom. The van der Waals surface area contributed by atoms with Crippen molar-refractivity contribution in [1.82, 2.24) is 4.98 Å². The van der Waals surface area contributed by atoms with Crippen LogP contribution < -0.4 is 19.7 Å². The lowest BCUT2D eigenvalue weighted by atomic mass is 10.1. The molecule has 0 saturated heterocycles. The summed E-state index contributed by atoms with van der Waals surface area (Å²) in [6.45, 7) is 6.34. The van der Waals surface area contributed by atoms with Crippen molar-refractivity contribution in [3.63, 3.8) is 0 Å². The Morgan fingerprint density at radius 1 is 1.29 bits per heavy atom. The molecule has 7 nitrogen and oxygen atoms in total. The lowest BCUT2D eigenvalue weighted by Gasteiger charge is -2.37. The SMILES string of the molecule is Cc1ccc(N2c3cccc(C(=O)Nc4ccc(OCC(C)C)c(F)c4)c3OCC2CO)nc1. The number of aromatic nitrogens is 1. The molecule has 0 bridgehead atoms. The number of aliphatic hydroxyl groups excluding tert-OH is 1. The zero-order valence-electron chi connectivity index (χ0n) is 19.4. The average Bonchev–Trinajstić information content (AvgIpc) is 2.82. The van der Waals surface area contributed by atoms with Crippen molar-refractivity contribution < 1.29 is 23.8 Å². The Labute approximate surface area is 198 Å². The molecule has 2 heterocycles. The van der Waals surface area contributed by atoms with Crippen LogP contribution in [0.3, 0.4) is 0 Å². The zero-order chi connectivity index (χ0) is 24.2. The van der Waals surface area contributed by atoms with Crippen LogP contribution in [-0.2, 0) is 0 Å². The van der Waals surface area contributed by atoms with Crippen molar-refractivity contribution in [3.05, 3.63) is 71.7 Å². The van der Waals surface area contributed by atoms with Gasteiger partial charge in [-0.1, -0.05) is 26.0 Å². The molecule has 2 aromatic carbocycles. The number of pyridine rings is 1. The minimum atomic E-state index is -0.549. The van der Waals surface area contributed by atoms with Gasteiger partial charge in [0.2, 0.25) is 0 Å². The van der Waals surface area contributed by atoms with Gasteiger partial charge in [-0.25, -0.2) is 9.37 Å². The van der Waals surface area contributed by atoms with Crippen LogP contribution >= 0.6 is 0 Å². The molecule has 34 heavy (non-hydrogen) atoms. The molecule has 0 saturated carbocycles. The van der Waals surface area contributed by atoms with Gasteiger partial charge in [0.05, 0.1) is 30.5 Å². The summed E-state index contributed by atoms with van der Waals surface area (Å²) in [6, 6.07) is 13.0. The Kier molecular flexibility index (Phi) is 6.98. The number of carbonyl (C=O) groups is 1. The molecule has 1 aromatic heterocycles. The Hall–Kier alpha value is -3.65. The summed E-state index contributed by atoms with van der Waals surface area (Å²) in [7, 11) is 0. The van der Waals surface area contributed by atoms with Crippen LogP contribution in [0.15, 0.2) is 54.7 Å². The molecule has 0 fully saturated rings. The van der Waals surface area contributed by atoms with Gasteiger partial charge < -0.3 is 24.8 Å².